The fraction of sp³-hybridized carbons (Fsp3) is 0.152. The van der Waals surface area contributed by atoms with E-state index in [0.29, 0.717) is 11.3 Å². The number of nitrogens with one attached hydrogen (secondary N) is 1. The summed E-state index contributed by atoms with van der Waals surface area (Å²) in [5.74, 6) is -2.64. The van der Waals surface area contributed by atoms with Gasteiger partial charge in [0.25, 0.3) is 5.69 Å². The highest BCUT2D eigenvalue weighted by Gasteiger charge is 2.68. The SMILES string of the molecule is O=C(Cc1ccc([N+](=O)[O-])cc1)N/N=C\C12c3ccccc3C(c3ccccc31)[C@@H]1C(=O)N(c3ccccc3)C(=O)[C@H]12. The summed E-state index contributed by atoms with van der Waals surface area (Å²) in [4.78, 5) is 53.0. The number of amides is 3. The highest BCUT2D eigenvalue weighted by atomic mass is 16.6. The molecule has 2 atom stereocenters. The standard InChI is InChI=1S/C33H24N4O5/c38-27(18-20-14-16-22(17-15-20)37(41)42)35-34-19-33-25-12-6-4-10-23(25)28(24-11-5-7-13-26(24)33)29-30(33)32(40)36(31(29)39)21-8-2-1-3-9-21/h1-17,19,28-30H,18H2,(H,35,38)/b34-19-/t28?,29-,30-,33?/m0/s1. The summed E-state index contributed by atoms with van der Waals surface area (Å²) in [7, 11) is 0. The van der Waals surface area contributed by atoms with Crippen LogP contribution >= 0.6 is 0 Å². The molecule has 206 valence electrons. The molecule has 0 aromatic heterocycles. The molecule has 0 radical (unpaired) electrons. The lowest BCUT2D eigenvalue weighted by Crippen LogP contribution is -2.54. The topological polar surface area (TPSA) is 122 Å². The number of nitrogens with zero attached hydrogens (tertiary/aromatic N) is 3. The number of carbonyl (C=O) groups excluding carboxylic acids is 3. The van der Waals surface area contributed by atoms with E-state index in [2.05, 4.69) is 10.5 Å². The van der Waals surface area contributed by atoms with Gasteiger partial charge in [0.1, 0.15) is 0 Å². The molecule has 4 aromatic carbocycles. The van der Waals surface area contributed by atoms with Gasteiger partial charge in [-0.1, -0.05) is 78.9 Å². The number of para-hydroxylation sites is 1. The second kappa shape index (κ2) is 9.59. The van der Waals surface area contributed by atoms with E-state index in [4.69, 9.17) is 0 Å². The number of imide groups is 1. The largest absolute Gasteiger partial charge is 0.274 e. The van der Waals surface area contributed by atoms with Gasteiger partial charge in [-0.05, 0) is 39.9 Å². The Balaban J connectivity index is 1.30. The Morgan fingerprint density at radius 2 is 1.45 bits per heavy atom. The molecule has 8 rings (SSSR count). The lowest BCUT2D eigenvalue weighted by atomic mass is 9.47. The fourth-order valence-electron chi connectivity index (χ4n) is 7.05. The lowest BCUT2D eigenvalue weighted by molar-refractivity contribution is -0.384. The zero-order valence-electron chi connectivity index (χ0n) is 22.2. The summed E-state index contributed by atoms with van der Waals surface area (Å²) in [6, 6.07) is 30.4. The first-order chi connectivity index (χ1) is 20.4. The number of nitro benzene ring substituents is 1. The third kappa shape index (κ3) is 3.63. The van der Waals surface area contributed by atoms with Gasteiger partial charge in [-0.15, -0.1) is 0 Å². The van der Waals surface area contributed by atoms with Crippen molar-refractivity contribution in [3.63, 3.8) is 0 Å². The Labute approximate surface area is 240 Å². The zero-order valence-corrected chi connectivity index (χ0v) is 22.2. The number of hydrazone groups is 1. The normalized spacial score (nSPS) is 23.4. The van der Waals surface area contributed by atoms with Crippen molar-refractivity contribution in [2.45, 2.75) is 17.8 Å². The molecule has 3 amide bonds. The Hall–Kier alpha value is -5.44. The van der Waals surface area contributed by atoms with E-state index in [1.807, 2.05) is 54.6 Å². The number of benzene rings is 4. The van der Waals surface area contributed by atoms with Gasteiger partial charge < -0.3 is 0 Å². The Bertz CT molecular complexity index is 1750. The van der Waals surface area contributed by atoms with Crippen molar-refractivity contribution in [1.82, 2.24) is 5.43 Å². The van der Waals surface area contributed by atoms with E-state index in [1.54, 1.807) is 30.5 Å². The average molecular weight is 557 g/mol. The predicted molar refractivity (Wildman–Crippen MR) is 155 cm³/mol. The molecule has 9 nitrogen and oxygen atoms in total. The van der Waals surface area contributed by atoms with Gasteiger partial charge in [-0.25, -0.2) is 10.3 Å². The first kappa shape index (κ1) is 25.5. The third-order valence-corrected chi connectivity index (χ3v) is 8.67. The maximum absolute atomic E-state index is 14.3. The number of nitro groups is 1. The summed E-state index contributed by atoms with van der Waals surface area (Å²) < 4.78 is 0. The number of hydrogen-bond donors (Lipinski definition) is 1. The summed E-state index contributed by atoms with van der Waals surface area (Å²) in [5, 5.41) is 15.4. The minimum Gasteiger partial charge on any atom is -0.274 e. The van der Waals surface area contributed by atoms with Crippen LogP contribution in [0.2, 0.25) is 0 Å². The van der Waals surface area contributed by atoms with E-state index < -0.39 is 28.1 Å². The van der Waals surface area contributed by atoms with Crippen LogP contribution in [0, 0.1) is 22.0 Å². The number of rotatable bonds is 6. The second-order valence-corrected chi connectivity index (χ2v) is 10.8. The van der Waals surface area contributed by atoms with E-state index in [1.165, 1.54) is 29.2 Å². The van der Waals surface area contributed by atoms with Crippen LogP contribution in [0.5, 0.6) is 0 Å². The maximum Gasteiger partial charge on any atom is 0.269 e. The van der Waals surface area contributed by atoms with Crippen molar-refractivity contribution in [2.75, 3.05) is 4.90 Å². The minimum atomic E-state index is -1.09. The fourth-order valence-corrected chi connectivity index (χ4v) is 7.05. The molecular formula is C33H24N4O5. The lowest BCUT2D eigenvalue weighted by Gasteiger charge is -2.52. The highest BCUT2D eigenvalue weighted by Crippen LogP contribution is 2.63. The minimum absolute atomic E-state index is 0.0389. The summed E-state index contributed by atoms with van der Waals surface area (Å²) in [6.45, 7) is 0. The molecule has 2 bridgehead atoms. The zero-order chi connectivity index (χ0) is 29.0. The molecule has 1 aliphatic heterocycles. The van der Waals surface area contributed by atoms with Crippen LogP contribution in [0.4, 0.5) is 11.4 Å². The highest BCUT2D eigenvalue weighted by molar-refractivity contribution is 6.25. The van der Waals surface area contributed by atoms with Crippen molar-refractivity contribution in [2.24, 2.45) is 16.9 Å². The molecule has 0 spiro atoms. The Kier molecular flexibility index (Phi) is 5.83. The van der Waals surface area contributed by atoms with E-state index in [9.17, 15) is 24.5 Å². The Morgan fingerprint density at radius 3 is 2.07 bits per heavy atom. The number of anilines is 1. The van der Waals surface area contributed by atoms with Crippen LogP contribution in [-0.2, 0) is 26.2 Å². The molecule has 42 heavy (non-hydrogen) atoms. The number of hydrogen-bond acceptors (Lipinski definition) is 6. The molecule has 1 N–H and O–H groups in total. The predicted octanol–water partition coefficient (Wildman–Crippen LogP) is 4.49. The van der Waals surface area contributed by atoms with Crippen molar-refractivity contribution < 1.29 is 19.3 Å². The molecule has 1 fully saturated rings. The molecule has 0 unspecified atom stereocenters. The summed E-state index contributed by atoms with van der Waals surface area (Å²) >= 11 is 0. The monoisotopic (exact) mass is 556 g/mol. The van der Waals surface area contributed by atoms with Crippen LogP contribution in [-0.4, -0.2) is 28.9 Å². The van der Waals surface area contributed by atoms with Crippen LogP contribution < -0.4 is 10.3 Å². The van der Waals surface area contributed by atoms with E-state index in [-0.39, 0.29) is 29.8 Å². The second-order valence-electron chi connectivity index (χ2n) is 10.8. The summed E-state index contributed by atoms with van der Waals surface area (Å²) in [5.41, 5.74) is 6.27. The van der Waals surface area contributed by atoms with Crippen molar-refractivity contribution in [3.8, 4) is 0 Å². The van der Waals surface area contributed by atoms with Crippen LogP contribution in [0.1, 0.15) is 33.7 Å². The molecule has 4 aromatic rings. The van der Waals surface area contributed by atoms with Gasteiger partial charge in [-0.2, -0.15) is 5.10 Å². The van der Waals surface area contributed by atoms with E-state index in [0.717, 1.165) is 22.3 Å². The van der Waals surface area contributed by atoms with Crippen molar-refractivity contribution in [1.29, 1.82) is 0 Å². The quantitative estimate of drug-likeness (QED) is 0.162. The molecule has 1 saturated heterocycles. The molecule has 0 saturated carbocycles. The molecule has 3 aliphatic carbocycles. The number of non-ortho nitro benzene ring substituents is 1. The van der Waals surface area contributed by atoms with Crippen LogP contribution in [0.3, 0.4) is 0 Å². The Morgan fingerprint density at radius 1 is 0.857 bits per heavy atom. The first-order valence-electron chi connectivity index (χ1n) is 13.6. The van der Waals surface area contributed by atoms with Crippen molar-refractivity contribution >= 4 is 35.3 Å². The number of carbonyl (C=O) groups is 3. The first-order valence-corrected chi connectivity index (χ1v) is 13.6. The van der Waals surface area contributed by atoms with Crippen LogP contribution in [0.15, 0.2) is 108 Å². The average Bonchev–Trinajstić information content (AvgIpc) is 3.28. The molecule has 9 heteroatoms. The summed E-state index contributed by atoms with van der Waals surface area (Å²) in [6.07, 6.45) is 1.58. The molecule has 4 aliphatic rings. The molecular weight excluding hydrogens is 532 g/mol. The van der Waals surface area contributed by atoms with Gasteiger partial charge in [0, 0.05) is 24.3 Å². The van der Waals surface area contributed by atoms with Gasteiger partial charge >= 0.3 is 0 Å². The van der Waals surface area contributed by atoms with E-state index >= 15 is 0 Å². The van der Waals surface area contributed by atoms with Gasteiger partial charge in [0.05, 0.1) is 34.3 Å². The van der Waals surface area contributed by atoms with Gasteiger partial charge in [0.15, 0.2) is 0 Å². The van der Waals surface area contributed by atoms with Gasteiger partial charge in [0.2, 0.25) is 17.7 Å². The van der Waals surface area contributed by atoms with Crippen molar-refractivity contribution in [3.05, 3.63) is 141 Å². The van der Waals surface area contributed by atoms with Gasteiger partial charge in [-0.3, -0.25) is 24.5 Å². The smallest absolute Gasteiger partial charge is 0.269 e. The molecule has 1 heterocycles. The van der Waals surface area contributed by atoms with Crippen LogP contribution in [0.25, 0.3) is 0 Å². The maximum atomic E-state index is 14.3. The third-order valence-electron chi connectivity index (χ3n) is 8.67.